The molecule has 0 heterocycles. The van der Waals surface area contributed by atoms with Crippen molar-refractivity contribution in [1.82, 2.24) is 0 Å². The first-order chi connectivity index (χ1) is 15.1. The van der Waals surface area contributed by atoms with Gasteiger partial charge < -0.3 is 0 Å². The maximum absolute atomic E-state index is 15.1. The van der Waals surface area contributed by atoms with Crippen molar-refractivity contribution >= 4 is 10.8 Å². The van der Waals surface area contributed by atoms with Gasteiger partial charge in [0, 0.05) is 10.9 Å². The highest BCUT2D eigenvalue weighted by Crippen LogP contribution is 2.38. The zero-order chi connectivity index (χ0) is 21.6. The lowest BCUT2D eigenvalue weighted by Crippen LogP contribution is -2.13. The fourth-order valence-corrected chi connectivity index (χ4v) is 4.72. The number of hydrogen-bond donors (Lipinski definition) is 0. The van der Waals surface area contributed by atoms with Gasteiger partial charge in [-0.15, -0.1) is 0 Å². The van der Waals surface area contributed by atoms with E-state index >= 15 is 4.39 Å². The predicted molar refractivity (Wildman–Crippen MR) is 130 cm³/mol. The van der Waals surface area contributed by atoms with Gasteiger partial charge in [0.15, 0.2) is 0 Å². The molecule has 0 unspecified atom stereocenters. The summed E-state index contributed by atoms with van der Waals surface area (Å²) >= 11 is 0. The monoisotopic (exact) mass is 410 g/mol. The van der Waals surface area contributed by atoms with Gasteiger partial charge in [0.2, 0.25) is 0 Å². The molecule has 158 valence electrons. The van der Waals surface area contributed by atoms with Crippen molar-refractivity contribution in [3.8, 4) is 11.8 Å². The fourth-order valence-electron chi connectivity index (χ4n) is 4.72. The molecule has 0 spiro atoms. The Kier molecular flexibility index (Phi) is 6.88. The molecule has 0 nitrogen and oxygen atoms in total. The number of benzene rings is 3. The Morgan fingerprint density at radius 1 is 0.935 bits per heavy atom. The molecule has 0 saturated heterocycles. The van der Waals surface area contributed by atoms with Gasteiger partial charge >= 0.3 is 0 Å². The standard InChI is InChI=1S/C30H31F/c1-3-4-5-6-23-11-14-25(15-12-23)27-19-20-29-28(21-27)18-17-26(30(29)31)16-13-24-9-7-22(2)8-10-24/h3-4,7-10,17-21,23,25H,5-6,11-12,14-15H2,1-2H3/b4-3+. The Labute approximate surface area is 186 Å². The third kappa shape index (κ3) is 5.26. The molecule has 3 aromatic rings. The molecule has 31 heavy (non-hydrogen) atoms. The van der Waals surface area contributed by atoms with E-state index in [1.807, 2.05) is 49.4 Å². The van der Waals surface area contributed by atoms with Crippen LogP contribution in [0.5, 0.6) is 0 Å². The SMILES string of the molecule is C/C=C/CCC1CCC(c2ccc3c(F)c(C#Cc4ccc(C)cc4)ccc3c2)CC1. The van der Waals surface area contributed by atoms with E-state index in [0.717, 1.165) is 16.9 Å². The first-order valence-electron chi connectivity index (χ1n) is 11.6. The van der Waals surface area contributed by atoms with Crippen LogP contribution in [0.4, 0.5) is 4.39 Å². The maximum atomic E-state index is 15.1. The van der Waals surface area contributed by atoms with Gasteiger partial charge in [-0.25, -0.2) is 4.39 Å². The molecule has 1 aliphatic carbocycles. The molecule has 0 radical (unpaired) electrons. The Morgan fingerprint density at radius 2 is 1.71 bits per heavy atom. The maximum Gasteiger partial charge on any atom is 0.146 e. The molecule has 1 heteroatoms. The molecule has 1 saturated carbocycles. The third-order valence-corrected chi connectivity index (χ3v) is 6.67. The number of aryl methyl sites for hydroxylation is 1. The largest absolute Gasteiger partial charge is 0.205 e. The molecule has 0 aliphatic heterocycles. The lowest BCUT2D eigenvalue weighted by Gasteiger charge is -2.28. The van der Waals surface area contributed by atoms with Crippen LogP contribution in [0.3, 0.4) is 0 Å². The highest BCUT2D eigenvalue weighted by Gasteiger charge is 2.22. The second-order valence-corrected chi connectivity index (χ2v) is 8.89. The number of halogens is 1. The van der Waals surface area contributed by atoms with Crippen molar-refractivity contribution in [2.24, 2.45) is 5.92 Å². The van der Waals surface area contributed by atoms with Crippen LogP contribution in [0.2, 0.25) is 0 Å². The Morgan fingerprint density at radius 3 is 2.45 bits per heavy atom. The van der Waals surface area contributed by atoms with E-state index in [-0.39, 0.29) is 5.82 Å². The van der Waals surface area contributed by atoms with E-state index < -0.39 is 0 Å². The van der Waals surface area contributed by atoms with Crippen molar-refractivity contribution in [1.29, 1.82) is 0 Å². The second-order valence-electron chi connectivity index (χ2n) is 8.89. The van der Waals surface area contributed by atoms with E-state index in [0.29, 0.717) is 16.9 Å². The molecule has 0 N–H and O–H groups in total. The smallest absolute Gasteiger partial charge is 0.146 e. The fraction of sp³-hybridized carbons (Fsp3) is 0.333. The molecule has 3 aromatic carbocycles. The van der Waals surface area contributed by atoms with E-state index in [9.17, 15) is 0 Å². The summed E-state index contributed by atoms with van der Waals surface area (Å²) in [4.78, 5) is 0. The van der Waals surface area contributed by atoms with Crippen LogP contribution in [0.1, 0.15) is 73.6 Å². The van der Waals surface area contributed by atoms with Gasteiger partial charge in [-0.05, 0) is 93.4 Å². The van der Waals surface area contributed by atoms with Crippen LogP contribution < -0.4 is 0 Å². The molecular weight excluding hydrogens is 379 g/mol. The van der Waals surface area contributed by atoms with Gasteiger partial charge in [0.05, 0.1) is 5.56 Å². The van der Waals surface area contributed by atoms with Crippen molar-refractivity contribution in [2.45, 2.75) is 58.3 Å². The Bertz CT molecular complexity index is 1120. The number of allylic oxidation sites excluding steroid dienone is 2. The van der Waals surface area contributed by atoms with E-state index in [1.54, 1.807) is 0 Å². The van der Waals surface area contributed by atoms with Gasteiger partial charge in [0.25, 0.3) is 0 Å². The third-order valence-electron chi connectivity index (χ3n) is 6.67. The van der Waals surface area contributed by atoms with Gasteiger partial charge in [-0.2, -0.15) is 0 Å². The topological polar surface area (TPSA) is 0 Å². The summed E-state index contributed by atoms with van der Waals surface area (Å²) in [5.74, 6) is 7.35. The molecule has 1 aliphatic rings. The zero-order valence-electron chi connectivity index (χ0n) is 18.6. The lowest BCUT2D eigenvalue weighted by molar-refractivity contribution is 0.312. The van der Waals surface area contributed by atoms with Gasteiger partial charge in [-0.1, -0.05) is 66.0 Å². The summed E-state index contributed by atoms with van der Waals surface area (Å²) in [6, 6.07) is 18.1. The summed E-state index contributed by atoms with van der Waals surface area (Å²) < 4.78 is 15.1. The van der Waals surface area contributed by atoms with Crippen LogP contribution in [-0.4, -0.2) is 0 Å². The van der Waals surface area contributed by atoms with Crippen molar-refractivity contribution in [2.75, 3.05) is 0 Å². The Balaban J connectivity index is 1.48. The predicted octanol–water partition coefficient (Wildman–Crippen LogP) is 8.32. The average molecular weight is 411 g/mol. The summed E-state index contributed by atoms with van der Waals surface area (Å²) in [6.07, 6.45) is 12.1. The summed E-state index contributed by atoms with van der Waals surface area (Å²) in [5.41, 5.74) is 3.92. The molecule has 0 atom stereocenters. The average Bonchev–Trinajstić information content (AvgIpc) is 2.80. The number of hydrogen-bond acceptors (Lipinski definition) is 0. The van der Waals surface area contributed by atoms with E-state index in [1.165, 1.54) is 49.7 Å². The minimum atomic E-state index is -0.212. The Hall–Kier alpha value is -2.85. The summed E-state index contributed by atoms with van der Waals surface area (Å²) in [5, 5.41) is 1.64. The van der Waals surface area contributed by atoms with Crippen LogP contribution in [0.25, 0.3) is 10.8 Å². The highest BCUT2D eigenvalue weighted by atomic mass is 19.1. The number of fused-ring (bicyclic) bond motifs is 1. The van der Waals surface area contributed by atoms with Crippen molar-refractivity contribution in [3.05, 3.63) is 94.8 Å². The molecule has 0 aromatic heterocycles. The van der Waals surface area contributed by atoms with Crippen molar-refractivity contribution in [3.63, 3.8) is 0 Å². The van der Waals surface area contributed by atoms with Crippen LogP contribution in [0, 0.1) is 30.5 Å². The molecule has 4 rings (SSSR count). The van der Waals surface area contributed by atoms with E-state index in [4.69, 9.17) is 0 Å². The molecular formula is C30H31F. The van der Waals surface area contributed by atoms with E-state index in [2.05, 4.69) is 43.0 Å². The van der Waals surface area contributed by atoms with Crippen molar-refractivity contribution < 1.29 is 4.39 Å². The zero-order valence-corrected chi connectivity index (χ0v) is 18.6. The summed E-state index contributed by atoms with van der Waals surface area (Å²) in [7, 11) is 0. The van der Waals surface area contributed by atoms with Gasteiger partial charge in [-0.3, -0.25) is 0 Å². The van der Waals surface area contributed by atoms with Crippen LogP contribution in [-0.2, 0) is 0 Å². The summed E-state index contributed by atoms with van der Waals surface area (Å²) in [6.45, 7) is 4.14. The normalized spacial score (nSPS) is 18.8. The minimum absolute atomic E-state index is 0.212. The molecule has 0 amide bonds. The first-order valence-corrected chi connectivity index (χ1v) is 11.6. The number of rotatable bonds is 4. The van der Waals surface area contributed by atoms with Crippen LogP contribution >= 0.6 is 0 Å². The first kappa shape index (κ1) is 21.4. The molecule has 0 bridgehead atoms. The minimum Gasteiger partial charge on any atom is -0.205 e. The second kappa shape index (κ2) is 9.97. The quantitative estimate of drug-likeness (QED) is 0.300. The van der Waals surface area contributed by atoms with Gasteiger partial charge in [0.1, 0.15) is 5.82 Å². The lowest BCUT2D eigenvalue weighted by atomic mass is 9.77. The highest BCUT2D eigenvalue weighted by molar-refractivity contribution is 5.85. The molecule has 1 fully saturated rings. The van der Waals surface area contributed by atoms with Crippen LogP contribution in [0.15, 0.2) is 66.7 Å².